The van der Waals surface area contributed by atoms with Crippen molar-refractivity contribution in [3.05, 3.63) is 43.7 Å². The summed E-state index contributed by atoms with van der Waals surface area (Å²) < 4.78 is 2.20. The minimum atomic E-state index is -0.779. The number of benzene rings is 2. The quantitative estimate of drug-likeness (QED) is 0.0880. The van der Waals surface area contributed by atoms with Crippen LogP contribution in [0.4, 0.5) is 11.4 Å². The summed E-state index contributed by atoms with van der Waals surface area (Å²) in [5.41, 5.74) is 0.916. The monoisotopic (exact) mass is 1360 g/mol. The zero-order valence-corrected chi connectivity index (χ0v) is 37.5. The average Bonchev–Trinajstić information content (AvgIpc) is 2.85. The first-order valence-electron chi connectivity index (χ1n) is 10.6. The molecule has 0 aliphatic heterocycles. The third-order valence-corrected chi connectivity index (χ3v) is 14.5. The van der Waals surface area contributed by atoms with Gasteiger partial charge in [0.05, 0.1) is 47.9 Å². The first kappa shape index (κ1) is 40.5. The van der Waals surface area contributed by atoms with Gasteiger partial charge in [-0.3, -0.25) is 28.8 Å². The molecule has 0 saturated heterocycles. The highest BCUT2D eigenvalue weighted by molar-refractivity contribution is 14.1. The molecule has 0 saturated carbocycles. The second-order valence-corrected chi connectivity index (χ2v) is 18.0. The Bertz CT molecular complexity index is 1340. The molecule has 0 radical (unpaired) electrons. The number of amides is 2. The summed E-state index contributed by atoms with van der Waals surface area (Å²) in [6.45, 7) is 0. The molecule has 0 aromatic heterocycles. The summed E-state index contributed by atoms with van der Waals surface area (Å²) in [4.78, 5) is 73.2. The zero-order valence-electron chi connectivity index (χ0n) is 19.9. The number of anilines is 2. The van der Waals surface area contributed by atoms with Gasteiger partial charge in [-0.2, -0.15) is 0 Å². The third-order valence-electron chi connectivity index (χ3n) is 4.86. The third kappa shape index (κ3) is 10.4. The lowest BCUT2D eigenvalue weighted by Crippen LogP contribution is -2.18. The molecule has 2 N–H and O–H groups in total. The van der Waals surface area contributed by atoms with Crippen LogP contribution in [0.2, 0.25) is 0 Å². The first-order chi connectivity index (χ1) is 19.5. The van der Waals surface area contributed by atoms with E-state index in [0.717, 1.165) is 0 Å². The minimum Gasteiger partial charge on any atom is -0.324 e. The normalized spacial score (nSPS) is 10.8. The van der Waals surface area contributed by atoms with E-state index >= 15 is 0 Å². The highest BCUT2D eigenvalue weighted by Gasteiger charge is 2.28. The second-order valence-electron chi connectivity index (χ2n) is 7.47. The highest BCUT2D eigenvalue weighted by Crippen LogP contribution is 2.39. The molecule has 2 aromatic carbocycles. The number of hydrogen-bond donors (Lipinski definition) is 2. The molecule has 2 aromatic rings. The van der Waals surface area contributed by atoms with E-state index in [-0.39, 0.29) is 58.3 Å². The number of nitrogens with one attached hydrogen (secondary N) is 2. The van der Waals surface area contributed by atoms with Gasteiger partial charge in [0, 0.05) is 31.5 Å². The van der Waals surface area contributed by atoms with Crippen LogP contribution in [0.15, 0.2) is 0 Å². The Morgan fingerprint density at radius 3 is 0.929 bits per heavy atom. The predicted octanol–water partition coefficient (Wildman–Crippen LogP) is 9.57. The lowest BCUT2D eigenvalue weighted by molar-refractivity contribution is -0.116. The Balaban J connectivity index is 1.97. The van der Waals surface area contributed by atoms with Crippen molar-refractivity contribution in [1.29, 1.82) is 0 Å². The summed E-state index contributed by atoms with van der Waals surface area (Å²) in [6.07, 6.45) is 0.222. The Hall–Kier alpha value is 2.30. The van der Waals surface area contributed by atoms with Gasteiger partial charge in [-0.25, -0.2) is 0 Å². The van der Waals surface area contributed by atoms with E-state index in [0.29, 0.717) is 32.9 Å². The molecule has 0 unspecified atom stereocenters. The van der Waals surface area contributed by atoms with Crippen molar-refractivity contribution >= 4 is 248 Å². The van der Waals surface area contributed by atoms with Gasteiger partial charge in [-0.1, -0.05) is 21.6 Å². The van der Waals surface area contributed by atoms with Crippen molar-refractivity contribution in [2.75, 3.05) is 22.1 Å². The molecule has 20 heteroatoms. The summed E-state index contributed by atoms with van der Waals surface area (Å²) in [7, 11) is 2.76. The lowest BCUT2D eigenvalue weighted by Gasteiger charge is -2.17. The second kappa shape index (κ2) is 18.7. The minimum absolute atomic E-state index is 0.0892. The van der Waals surface area contributed by atoms with Gasteiger partial charge in [-0.05, 0) is 182 Å². The maximum Gasteiger partial charge on any atom is 0.254 e. The average molecular weight is 1370 g/mol. The van der Waals surface area contributed by atoms with Crippen LogP contribution in [0.25, 0.3) is 0 Å². The zero-order chi connectivity index (χ0) is 32.0. The molecule has 226 valence electrons. The molecule has 0 bridgehead atoms. The molecule has 0 heterocycles. The van der Waals surface area contributed by atoms with E-state index < -0.39 is 21.0 Å². The maximum atomic E-state index is 12.6. The van der Waals surface area contributed by atoms with E-state index in [9.17, 15) is 28.8 Å². The smallest absolute Gasteiger partial charge is 0.254 e. The summed E-state index contributed by atoms with van der Waals surface area (Å²) in [6, 6.07) is 0. The topological polar surface area (TPSA) is 126 Å². The van der Waals surface area contributed by atoms with Crippen LogP contribution in [0.1, 0.15) is 54.3 Å². The summed E-state index contributed by atoms with van der Waals surface area (Å²) in [5, 5.41) is 2.36. The van der Waals surface area contributed by atoms with Crippen LogP contribution >= 0.6 is 204 Å². The molecule has 0 spiro atoms. The lowest BCUT2D eigenvalue weighted by atomic mass is 10.1. The molecule has 2 rings (SSSR count). The van der Waals surface area contributed by atoms with Gasteiger partial charge < -0.3 is 10.6 Å². The van der Waals surface area contributed by atoms with Gasteiger partial charge in [-0.15, -0.1) is 0 Å². The van der Waals surface area contributed by atoms with Crippen molar-refractivity contribution in [3.8, 4) is 0 Å². The molecule has 42 heavy (non-hydrogen) atoms. The molecule has 0 fully saturated rings. The van der Waals surface area contributed by atoms with E-state index in [4.69, 9.17) is 46.4 Å². The van der Waals surface area contributed by atoms with Crippen LogP contribution in [-0.2, 0) is 9.59 Å². The number of rotatable bonds is 13. The molecule has 0 aliphatic carbocycles. The fourth-order valence-corrected chi connectivity index (χ4v) is 15.9. The van der Waals surface area contributed by atoms with Crippen molar-refractivity contribution in [2.24, 2.45) is 0 Å². The standard InChI is InChI=1S/C22H10Cl4I6N2O6S2/c23-19(37)7-11(27)8(20(24)38)14(30)17(13(7)29)33-5(35)1-3-41-42-4-2-6(36)34-18-15(31)9(21(25)39)12(28)10(16(18)32)22(26)40/h1-4H2,(H,33,35)(H,34,36). The molecule has 0 aliphatic rings. The maximum absolute atomic E-state index is 12.6. The van der Waals surface area contributed by atoms with Crippen LogP contribution in [0.5, 0.6) is 0 Å². The van der Waals surface area contributed by atoms with Crippen LogP contribution in [0, 0.1) is 21.4 Å². The summed E-state index contributed by atoms with van der Waals surface area (Å²) >= 11 is 34.1. The number of carbonyl (C=O) groups excluding carboxylic acids is 6. The highest BCUT2D eigenvalue weighted by atomic mass is 127. The van der Waals surface area contributed by atoms with Gasteiger partial charge in [0.25, 0.3) is 21.0 Å². The number of hydrogen-bond acceptors (Lipinski definition) is 8. The van der Waals surface area contributed by atoms with Gasteiger partial charge >= 0.3 is 0 Å². The molecular weight excluding hydrogens is 1360 g/mol. The van der Waals surface area contributed by atoms with E-state index in [1.165, 1.54) is 21.6 Å². The Morgan fingerprint density at radius 2 is 0.714 bits per heavy atom. The fourth-order valence-electron chi connectivity index (χ4n) is 3.03. The van der Waals surface area contributed by atoms with E-state index in [1.807, 2.05) is 136 Å². The van der Waals surface area contributed by atoms with Crippen molar-refractivity contribution in [2.45, 2.75) is 12.8 Å². The Morgan fingerprint density at radius 1 is 0.476 bits per heavy atom. The van der Waals surface area contributed by atoms with Crippen LogP contribution in [0.3, 0.4) is 0 Å². The van der Waals surface area contributed by atoms with Crippen molar-refractivity contribution in [1.82, 2.24) is 0 Å². The number of halogens is 10. The Kier molecular flexibility index (Phi) is 18.1. The predicted molar refractivity (Wildman–Crippen MR) is 221 cm³/mol. The van der Waals surface area contributed by atoms with Gasteiger partial charge in [0.15, 0.2) is 0 Å². The first-order valence-corrected chi connectivity index (χ1v) is 21.0. The van der Waals surface area contributed by atoms with Crippen LogP contribution < -0.4 is 10.6 Å². The van der Waals surface area contributed by atoms with Crippen molar-refractivity contribution in [3.63, 3.8) is 0 Å². The SMILES string of the molecule is O=C(CCSSCCC(=O)Nc1c(I)c(C(=O)Cl)c(I)c(C(=O)Cl)c1I)Nc1c(I)c(C(=O)Cl)c(I)c(C(=O)Cl)c1I. The fraction of sp³-hybridized carbons (Fsp3) is 0.182. The molecule has 8 nitrogen and oxygen atoms in total. The largest absolute Gasteiger partial charge is 0.324 e. The molecular formula is C22H10Cl4I6N2O6S2. The number of carbonyl (C=O) groups is 6. The van der Waals surface area contributed by atoms with E-state index in [1.54, 1.807) is 0 Å². The van der Waals surface area contributed by atoms with Crippen LogP contribution in [-0.4, -0.2) is 44.3 Å². The molecule has 0 atom stereocenters. The Labute approximate surface area is 349 Å². The molecule has 2 amide bonds. The summed E-state index contributed by atoms with van der Waals surface area (Å²) in [5.74, 6) is 0.119. The van der Waals surface area contributed by atoms with Gasteiger partial charge in [0.2, 0.25) is 11.8 Å². The van der Waals surface area contributed by atoms with Crippen molar-refractivity contribution < 1.29 is 28.8 Å². The van der Waals surface area contributed by atoms with Gasteiger partial charge in [0.1, 0.15) is 0 Å². The van der Waals surface area contributed by atoms with E-state index in [2.05, 4.69) is 10.6 Å².